The summed E-state index contributed by atoms with van der Waals surface area (Å²) in [5.74, 6) is 0. The minimum Gasteiger partial charge on any atom is -0.313 e. The summed E-state index contributed by atoms with van der Waals surface area (Å²) in [6.07, 6.45) is 5.18. The molecule has 1 heterocycles. The van der Waals surface area contributed by atoms with Gasteiger partial charge in [-0.3, -0.25) is 0 Å². The van der Waals surface area contributed by atoms with Gasteiger partial charge in [-0.15, -0.1) is 0 Å². The lowest BCUT2D eigenvalue weighted by molar-refractivity contribution is 0.738. The SMILES string of the molecule is C=Cc1ccc(Cl)cc1C.Clc1ccc(C2=CCNCC2)cc1. The Balaban J connectivity index is 0.000000174. The van der Waals surface area contributed by atoms with E-state index in [2.05, 4.69) is 30.1 Å². The van der Waals surface area contributed by atoms with Gasteiger partial charge in [0.1, 0.15) is 0 Å². The summed E-state index contributed by atoms with van der Waals surface area (Å²) < 4.78 is 0. The van der Waals surface area contributed by atoms with Gasteiger partial charge in [0.25, 0.3) is 0 Å². The van der Waals surface area contributed by atoms with Crippen LogP contribution in [0.5, 0.6) is 0 Å². The predicted octanol–water partition coefficient (Wildman–Crippen LogP) is 6.01. The van der Waals surface area contributed by atoms with Gasteiger partial charge in [-0.1, -0.05) is 60.1 Å². The molecule has 1 N–H and O–H groups in total. The van der Waals surface area contributed by atoms with Gasteiger partial charge in [-0.2, -0.15) is 0 Å². The molecule has 0 unspecified atom stereocenters. The molecule has 0 aromatic heterocycles. The van der Waals surface area contributed by atoms with Crippen molar-refractivity contribution in [3.63, 3.8) is 0 Å². The van der Waals surface area contributed by atoms with Gasteiger partial charge >= 0.3 is 0 Å². The number of hydrogen-bond acceptors (Lipinski definition) is 1. The van der Waals surface area contributed by atoms with Gasteiger partial charge in [0.05, 0.1) is 0 Å². The highest BCUT2D eigenvalue weighted by Crippen LogP contribution is 2.21. The van der Waals surface area contributed by atoms with Crippen LogP contribution in [0, 0.1) is 6.92 Å². The quantitative estimate of drug-likeness (QED) is 0.702. The normalized spacial score (nSPS) is 13.6. The van der Waals surface area contributed by atoms with Gasteiger partial charge in [0, 0.05) is 16.6 Å². The highest BCUT2D eigenvalue weighted by atomic mass is 35.5. The third-order valence-electron chi connectivity index (χ3n) is 3.73. The molecule has 1 aliphatic heterocycles. The summed E-state index contributed by atoms with van der Waals surface area (Å²) >= 11 is 11.6. The lowest BCUT2D eigenvalue weighted by Crippen LogP contribution is -2.19. The second kappa shape index (κ2) is 8.93. The second-order valence-electron chi connectivity index (χ2n) is 5.40. The van der Waals surface area contributed by atoms with Gasteiger partial charge in [-0.05, 0) is 66.4 Å². The number of nitrogens with one attached hydrogen (secondary N) is 1. The number of hydrogen-bond donors (Lipinski definition) is 1. The van der Waals surface area contributed by atoms with Crippen LogP contribution in [0.25, 0.3) is 11.6 Å². The third-order valence-corrected chi connectivity index (χ3v) is 4.22. The van der Waals surface area contributed by atoms with Crippen molar-refractivity contribution >= 4 is 34.9 Å². The molecule has 0 saturated heterocycles. The van der Waals surface area contributed by atoms with E-state index < -0.39 is 0 Å². The minimum atomic E-state index is 0.781. The molecule has 3 rings (SSSR count). The first-order chi connectivity index (χ1) is 11.1. The van der Waals surface area contributed by atoms with E-state index in [4.69, 9.17) is 23.2 Å². The molecule has 0 bridgehead atoms. The molecular formula is C20H21Cl2N. The van der Waals surface area contributed by atoms with Crippen LogP contribution in [0.15, 0.2) is 55.1 Å². The standard InChI is InChI=1S/C11H12ClN.C9H9Cl/c12-11-3-1-9(2-4-11)10-5-7-13-8-6-10;1-3-8-4-5-9(10)6-7(8)2/h1-5,13H,6-8H2;3-6H,1H2,2H3. The van der Waals surface area contributed by atoms with E-state index in [1.54, 1.807) is 0 Å². The van der Waals surface area contributed by atoms with Crippen LogP contribution in [-0.2, 0) is 0 Å². The van der Waals surface area contributed by atoms with Crippen LogP contribution in [0.3, 0.4) is 0 Å². The van der Waals surface area contributed by atoms with Crippen LogP contribution in [0.4, 0.5) is 0 Å². The Morgan fingerprint density at radius 1 is 1.04 bits per heavy atom. The van der Waals surface area contributed by atoms with Crippen molar-refractivity contribution in [2.75, 3.05) is 13.1 Å². The highest BCUT2D eigenvalue weighted by Gasteiger charge is 2.04. The van der Waals surface area contributed by atoms with Crippen molar-refractivity contribution in [1.29, 1.82) is 0 Å². The number of halogens is 2. The molecule has 3 heteroatoms. The predicted molar refractivity (Wildman–Crippen MR) is 103 cm³/mol. The van der Waals surface area contributed by atoms with E-state index in [-0.39, 0.29) is 0 Å². The highest BCUT2D eigenvalue weighted by molar-refractivity contribution is 6.30. The average molecular weight is 346 g/mol. The maximum absolute atomic E-state index is 5.82. The topological polar surface area (TPSA) is 12.0 Å². The summed E-state index contributed by atoms with van der Waals surface area (Å²) in [7, 11) is 0. The Hall–Kier alpha value is -1.54. The molecule has 0 fully saturated rings. The summed E-state index contributed by atoms with van der Waals surface area (Å²) in [5, 5.41) is 4.88. The number of benzene rings is 2. The smallest absolute Gasteiger partial charge is 0.0409 e. The first kappa shape index (κ1) is 17.8. The maximum Gasteiger partial charge on any atom is 0.0409 e. The number of rotatable bonds is 2. The maximum atomic E-state index is 5.82. The van der Waals surface area contributed by atoms with E-state index >= 15 is 0 Å². The fourth-order valence-corrected chi connectivity index (χ4v) is 2.77. The van der Waals surface area contributed by atoms with Crippen molar-refractivity contribution < 1.29 is 0 Å². The summed E-state index contributed by atoms with van der Waals surface area (Å²) in [6.45, 7) is 7.76. The first-order valence-corrected chi connectivity index (χ1v) is 8.40. The Labute approximate surface area is 148 Å². The molecule has 0 spiro atoms. The van der Waals surface area contributed by atoms with Crippen molar-refractivity contribution in [3.05, 3.63) is 81.9 Å². The largest absolute Gasteiger partial charge is 0.313 e. The lowest BCUT2D eigenvalue weighted by atomic mass is 10.0. The van der Waals surface area contributed by atoms with Crippen LogP contribution in [0.1, 0.15) is 23.1 Å². The molecule has 23 heavy (non-hydrogen) atoms. The van der Waals surface area contributed by atoms with Crippen molar-refractivity contribution in [2.24, 2.45) is 0 Å². The van der Waals surface area contributed by atoms with Gasteiger partial charge in [-0.25, -0.2) is 0 Å². The fraction of sp³-hybridized carbons (Fsp3) is 0.200. The summed E-state index contributed by atoms with van der Waals surface area (Å²) in [5.41, 5.74) is 5.04. The zero-order valence-electron chi connectivity index (χ0n) is 13.3. The molecular weight excluding hydrogens is 325 g/mol. The molecule has 0 amide bonds. The van der Waals surface area contributed by atoms with Crippen LogP contribution >= 0.6 is 23.2 Å². The van der Waals surface area contributed by atoms with Gasteiger partial charge < -0.3 is 5.32 Å². The van der Waals surface area contributed by atoms with Gasteiger partial charge in [0.15, 0.2) is 0 Å². The molecule has 0 radical (unpaired) electrons. The molecule has 1 aliphatic rings. The molecule has 2 aromatic carbocycles. The molecule has 2 aromatic rings. The monoisotopic (exact) mass is 345 g/mol. The molecule has 120 valence electrons. The number of aryl methyl sites for hydroxylation is 1. The van der Waals surface area contributed by atoms with Crippen molar-refractivity contribution in [1.82, 2.24) is 5.32 Å². The Morgan fingerprint density at radius 2 is 1.74 bits per heavy atom. The van der Waals surface area contributed by atoms with Crippen LogP contribution < -0.4 is 5.32 Å². The van der Waals surface area contributed by atoms with E-state index in [0.717, 1.165) is 35.1 Å². The zero-order chi connectivity index (χ0) is 16.7. The van der Waals surface area contributed by atoms with Crippen LogP contribution in [0.2, 0.25) is 10.0 Å². The minimum absolute atomic E-state index is 0.781. The third kappa shape index (κ3) is 5.54. The van der Waals surface area contributed by atoms with E-state index in [1.807, 2.05) is 43.3 Å². The first-order valence-electron chi connectivity index (χ1n) is 7.64. The van der Waals surface area contributed by atoms with E-state index in [0.29, 0.717) is 0 Å². The van der Waals surface area contributed by atoms with Crippen molar-refractivity contribution in [3.8, 4) is 0 Å². The van der Waals surface area contributed by atoms with Gasteiger partial charge in [0.2, 0.25) is 0 Å². The molecule has 0 saturated carbocycles. The average Bonchev–Trinajstić information content (AvgIpc) is 2.57. The summed E-state index contributed by atoms with van der Waals surface area (Å²) in [4.78, 5) is 0. The lowest BCUT2D eigenvalue weighted by Gasteiger charge is -2.13. The van der Waals surface area contributed by atoms with Crippen molar-refractivity contribution in [2.45, 2.75) is 13.3 Å². The second-order valence-corrected chi connectivity index (χ2v) is 6.27. The Kier molecular flexibility index (Phi) is 6.91. The summed E-state index contributed by atoms with van der Waals surface area (Å²) in [6, 6.07) is 13.8. The zero-order valence-corrected chi connectivity index (χ0v) is 14.8. The van der Waals surface area contributed by atoms with Crippen LogP contribution in [-0.4, -0.2) is 13.1 Å². The van der Waals surface area contributed by atoms with E-state index in [1.165, 1.54) is 16.7 Å². The molecule has 0 aliphatic carbocycles. The Morgan fingerprint density at radius 3 is 2.30 bits per heavy atom. The molecule has 1 nitrogen and oxygen atoms in total. The Bertz CT molecular complexity index is 687. The molecule has 0 atom stereocenters. The van der Waals surface area contributed by atoms with E-state index in [9.17, 15) is 0 Å². The fourth-order valence-electron chi connectivity index (χ4n) is 2.42.